The van der Waals surface area contributed by atoms with Gasteiger partial charge in [-0.05, 0) is 47.2 Å². The Balaban J connectivity index is 1.58. The van der Waals surface area contributed by atoms with Crippen molar-refractivity contribution >= 4 is 32.7 Å². The number of benzene rings is 3. The number of carbonyl (C=O) groups excluding carboxylic acids is 1. The number of amides is 1. The van der Waals surface area contributed by atoms with E-state index in [1.54, 1.807) is 12.1 Å². The molecule has 8 nitrogen and oxygen atoms in total. The maximum absolute atomic E-state index is 13.5. The highest BCUT2D eigenvalue weighted by Crippen LogP contribution is 2.24. The molecule has 3 aromatic rings. The van der Waals surface area contributed by atoms with Gasteiger partial charge in [0.05, 0.1) is 18.1 Å². The quantitative estimate of drug-likeness (QED) is 0.456. The van der Waals surface area contributed by atoms with Crippen molar-refractivity contribution in [2.24, 2.45) is 5.92 Å². The van der Waals surface area contributed by atoms with Crippen molar-refractivity contribution in [1.82, 2.24) is 9.62 Å². The van der Waals surface area contributed by atoms with Crippen molar-refractivity contribution in [3.63, 3.8) is 0 Å². The minimum absolute atomic E-state index is 0.0177. The monoisotopic (exact) mass is 510 g/mol. The van der Waals surface area contributed by atoms with Crippen LogP contribution < -0.4 is 4.72 Å². The topological polar surface area (TPSA) is 113 Å². The van der Waals surface area contributed by atoms with E-state index in [4.69, 9.17) is 4.74 Å². The Bertz CT molecular complexity index is 1330. The number of hydrogen-bond acceptors (Lipinski definition) is 5. The van der Waals surface area contributed by atoms with E-state index >= 15 is 0 Å². The molecule has 1 aliphatic heterocycles. The van der Waals surface area contributed by atoms with Gasteiger partial charge in [-0.15, -0.1) is 0 Å². The van der Waals surface area contributed by atoms with Crippen LogP contribution >= 0.6 is 0 Å². The second-order valence-corrected chi connectivity index (χ2v) is 10.9. The summed E-state index contributed by atoms with van der Waals surface area (Å²) in [6.07, 6.45) is 0.959. The summed E-state index contributed by atoms with van der Waals surface area (Å²) >= 11 is 0. The van der Waals surface area contributed by atoms with Gasteiger partial charge in [-0.2, -0.15) is 4.72 Å². The molecule has 4 rings (SSSR count). The number of fused-ring (bicyclic) bond motifs is 1. The molecule has 0 radical (unpaired) electrons. The maximum atomic E-state index is 13.5. The second-order valence-electron chi connectivity index (χ2n) is 9.20. The molecule has 0 spiro atoms. The predicted molar refractivity (Wildman–Crippen MR) is 136 cm³/mol. The average Bonchev–Trinajstić information content (AvgIpc) is 2.88. The summed E-state index contributed by atoms with van der Waals surface area (Å²) in [5.41, 5.74) is 0.872. The van der Waals surface area contributed by atoms with Gasteiger partial charge in [-0.3, -0.25) is 4.79 Å². The van der Waals surface area contributed by atoms with Crippen LogP contribution in [0.4, 0.5) is 0 Å². The van der Waals surface area contributed by atoms with Crippen LogP contribution in [0.1, 0.15) is 25.3 Å². The van der Waals surface area contributed by atoms with Gasteiger partial charge < -0.3 is 14.7 Å². The Hall–Kier alpha value is -3.27. The Labute approximate surface area is 210 Å². The van der Waals surface area contributed by atoms with E-state index in [1.165, 1.54) is 11.0 Å². The fourth-order valence-corrected chi connectivity index (χ4v) is 5.66. The van der Waals surface area contributed by atoms with Crippen LogP contribution in [-0.4, -0.2) is 55.5 Å². The zero-order valence-corrected chi connectivity index (χ0v) is 20.9. The van der Waals surface area contributed by atoms with Gasteiger partial charge in [-0.25, -0.2) is 13.2 Å². The molecule has 1 fully saturated rings. The molecule has 0 aliphatic carbocycles. The molecule has 1 saturated heterocycles. The van der Waals surface area contributed by atoms with Crippen LogP contribution in [0.5, 0.6) is 0 Å². The third-order valence-corrected chi connectivity index (χ3v) is 7.92. The Morgan fingerprint density at radius 3 is 2.47 bits per heavy atom. The van der Waals surface area contributed by atoms with Crippen molar-refractivity contribution in [2.45, 2.75) is 43.4 Å². The van der Waals surface area contributed by atoms with E-state index in [0.29, 0.717) is 12.8 Å². The van der Waals surface area contributed by atoms with E-state index in [2.05, 4.69) is 4.72 Å². The summed E-state index contributed by atoms with van der Waals surface area (Å²) < 4.78 is 34.9. The molecule has 3 atom stereocenters. The number of ether oxygens (including phenoxy) is 1. The number of aliphatic carboxylic acids is 1. The molecule has 1 amide bonds. The largest absolute Gasteiger partial charge is 0.480 e. The highest BCUT2D eigenvalue weighted by molar-refractivity contribution is 7.89. The van der Waals surface area contributed by atoms with E-state index in [9.17, 15) is 23.1 Å². The molecule has 9 heteroatoms. The zero-order chi connectivity index (χ0) is 25.7. The normalized spacial score (nSPS) is 19.2. The number of hydrogen-bond donors (Lipinski definition) is 2. The van der Waals surface area contributed by atoms with Crippen LogP contribution in [-0.2, 0) is 31.0 Å². The fraction of sp³-hybridized carbons (Fsp3) is 0.333. The van der Waals surface area contributed by atoms with Gasteiger partial charge in [0.1, 0.15) is 12.1 Å². The van der Waals surface area contributed by atoms with Gasteiger partial charge in [-0.1, -0.05) is 67.6 Å². The Kier molecular flexibility index (Phi) is 8.03. The first kappa shape index (κ1) is 25.8. The van der Waals surface area contributed by atoms with Crippen molar-refractivity contribution in [2.75, 3.05) is 13.2 Å². The average molecular weight is 511 g/mol. The van der Waals surface area contributed by atoms with Crippen molar-refractivity contribution in [3.8, 4) is 0 Å². The van der Waals surface area contributed by atoms with Crippen LogP contribution in [0, 0.1) is 5.92 Å². The number of carboxylic acids is 1. The first-order valence-electron chi connectivity index (χ1n) is 11.9. The van der Waals surface area contributed by atoms with Gasteiger partial charge >= 0.3 is 5.97 Å². The molecule has 2 N–H and O–H groups in total. The molecule has 1 heterocycles. The summed E-state index contributed by atoms with van der Waals surface area (Å²) in [5, 5.41) is 11.4. The van der Waals surface area contributed by atoms with E-state index in [0.717, 1.165) is 16.3 Å². The lowest BCUT2D eigenvalue weighted by Gasteiger charge is -2.38. The summed E-state index contributed by atoms with van der Waals surface area (Å²) in [4.78, 5) is 26.7. The van der Waals surface area contributed by atoms with Crippen molar-refractivity contribution in [3.05, 3.63) is 78.4 Å². The molecule has 0 unspecified atom stereocenters. The van der Waals surface area contributed by atoms with Gasteiger partial charge in [0.25, 0.3) is 0 Å². The molecular formula is C27H30N2O6S. The van der Waals surface area contributed by atoms with Gasteiger partial charge in [0.15, 0.2) is 0 Å². The maximum Gasteiger partial charge on any atom is 0.326 e. The summed E-state index contributed by atoms with van der Waals surface area (Å²) in [6, 6.07) is 19.1. The number of carboxylic acid groups (broad SMARTS) is 1. The molecule has 0 aromatic heterocycles. The number of nitrogens with one attached hydrogen (secondary N) is 1. The number of carbonyl (C=O) groups is 2. The molecule has 0 bridgehead atoms. The third-order valence-electron chi connectivity index (χ3n) is 6.46. The standard InChI is InChI=1S/C27H30N2O6S/c1-19-13-14-29(25(15-19)27(31)32)26(30)24(18-35-17-20-7-3-2-4-8-20)28-36(33,34)23-12-11-21-9-5-6-10-22(21)16-23/h2-12,16,19,24-25,28H,13-15,17-18H2,1H3,(H,31,32)/t19-,24+,25-/m1/s1. The van der Waals surface area contributed by atoms with Crippen molar-refractivity contribution < 1.29 is 27.9 Å². The SMILES string of the molecule is C[C@@H]1CCN(C(=O)[C@H](COCc2ccccc2)NS(=O)(=O)c2ccc3ccccc3c2)[C@@H](C(=O)O)C1. The Morgan fingerprint density at radius 1 is 1.06 bits per heavy atom. The lowest BCUT2D eigenvalue weighted by atomic mass is 9.92. The molecule has 36 heavy (non-hydrogen) atoms. The van der Waals surface area contributed by atoms with Crippen LogP contribution in [0.25, 0.3) is 10.8 Å². The van der Waals surface area contributed by atoms with E-state index in [-0.39, 0.29) is 30.6 Å². The van der Waals surface area contributed by atoms with Gasteiger partial charge in [0.2, 0.25) is 15.9 Å². The lowest BCUT2D eigenvalue weighted by Crippen LogP contribution is -2.57. The molecule has 3 aromatic carbocycles. The number of likely N-dealkylation sites (tertiary alicyclic amines) is 1. The predicted octanol–water partition coefficient (Wildman–Crippen LogP) is 3.42. The Morgan fingerprint density at radius 2 is 1.75 bits per heavy atom. The molecule has 1 aliphatic rings. The first-order valence-corrected chi connectivity index (χ1v) is 13.4. The summed E-state index contributed by atoms with van der Waals surface area (Å²) in [5.74, 6) is -1.56. The number of sulfonamides is 1. The lowest BCUT2D eigenvalue weighted by molar-refractivity contribution is -0.154. The third kappa shape index (κ3) is 6.10. The number of piperidine rings is 1. The van der Waals surface area contributed by atoms with E-state index < -0.39 is 34.0 Å². The number of rotatable bonds is 9. The smallest absolute Gasteiger partial charge is 0.326 e. The molecule has 190 valence electrons. The zero-order valence-electron chi connectivity index (χ0n) is 20.0. The highest BCUT2D eigenvalue weighted by Gasteiger charge is 2.39. The molecular weight excluding hydrogens is 480 g/mol. The second kappa shape index (κ2) is 11.2. The summed E-state index contributed by atoms with van der Waals surface area (Å²) in [6.45, 7) is 2.13. The summed E-state index contributed by atoms with van der Waals surface area (Å²) in [7, 11) is -4.10. The fourth-order valence-electron chi connectivity index (χ4n) is 4.45. The van der Waals surface area contributed by atoms with Crippen LogP contribution in [0.2, 0.25) is 0 Å². The van der Waals surface area contributed by atoms with Crippen molar-refractivity contribution in [1.29, 1.82) is 0 Å². The van der Waals surface area contributed by atoms with Gasteiger partial charge in [0, 0.05) is 6.54 Å². The van der Waals surface area contributed by atoms with Crippen LogP contribution in [0.15, 0.2) is 77.7 Å². The van der Waals surface area contributed by atoms with Crippen LogP contribution in [0.3, 0.4) is 0 Å². The minimum atomic E-state index is -4.10. The number of nitrogens with zero attached hydrogens (tertiary/aromatic N) is 1. The highest BCUT2D eigenvalue weighted by atomic mass is 32.2. The van der Waals surface area contributed by atoms with E-state index in [1.807, 2.05) is 61.5 Å². The molecule has 0 saturated carbocycles. The minimum Gasteiger partial charge on any atom is -0.480 e. The first-order chi connectivity index (χ1) is 17.2.